The molecule has 0 saturated heterocycles. The first-order chi connectivity index (χ1) is 12.4. The van der Waals surface area contributed by atoms with Gasteiger partial charge in [-0.2, -0.15) is 0 Å². The van der Waals surface area contributed by atoms with Gasteiger partial charge in [0, 0.05) is 54.4 Å². The van der Waals surface area contributed by atoms with Gasteiger partial charge >= 0.3 is 5.97 Å². The van der Waals surface area contributed by atoms with Crippen molar-refractivity contribution < 1.29 is 14.3 Å². The summed E-state index contributed by atoms with van der Waals surface area (Å²) in [5, 5.41) is 1.06. The highest BCUT2D eigenvalue weighted by Gasteiger charge is 2.18. The van der Waals surface area contributed by atoms with Crippen LogP contribution in [0.3, 0.4) is 0 Å². The molecule has 0 aliphatic carbocycles. The van der Waals surface area contributed by atoms with Gasteiger partial charge < -0.3 is 19.6 Å². The quantitative estimate of drug-likeness (QED) is 0.417. The van der Waals surface area contributed by atoms with Crippen LogP contribution in [-0.2, 0) is 4.74 Å². The van der Waals surface area contributed by atoms with Crippen molar-refractivity contribution in [1.82, 2.24) is 14.9 Å². The van der Waals surface area contributed by atoms with Crippen molar-refractivity contribution >= 4 is 33.6 Å². The van der Waals surface area contributed by atoms with Crippen molar-refractivity contribution in [3.05, 3.63) is 58.2 Å². The molecule has 2 N–H and O–H groups in total. The molecule has 0 amide bonds. The van der Waals surface area contributed by atoms with Gasteiger partial charge in [0.15, 0.2) is 5.78 Å². The minimum Gasteiger partial charge on any atom is -0.462 e. The third kappa shape index (κ3) is 3.11. The van der Waals surface area contributed by atoms with E-state index in [1.807, 2.05) is 14.1 Å². The zero-order valence-electron chi connectivity index (χ0n) is 14.8. The van der Waals surface area contributed by atoms with Crippen LogP contribution >= 0.6 is 0 Å². The Morgan fingerprint density at radius 3 is 2.73 bits per heavy atom. The third-order valence-electron chi connectivity index (χ3n) is 3.95. The molecule has 7 nitrogen and oxygen atoms in total. The summed E-state index contributed by atoms with van der Waals surface area (Å²) in [4.78, 5) is 44.2. The molecule has 3 aromatic rings. The Bertz CT molecular complexity index is 1090. The molecular formula is C19H19N3O4. The Hall–Kier alpha value is -3.35. The summed E-state index contributed by atoms with van der Waals surface area (Å²) < 4.78 is 5.07. The van der Waals surface area contributed by atoms with E-state index < -0.39 is 5.97 Å². The Morgan fingerprint density at radius 2 is 2.04 bits per heavy atom. The molecule has 7 heteroatoms. The van der Waals surface area contributed by atoms with Gasteiger partial charge in [-0.3, -0.25) is 9.59 Å². The van der Waals surface area contributed by atoms with Gasteiger partial charge in [-0.1, -0.05) is 0 Å². The largest absolute Gasteiger partial charge is 0.462 e. The number of ketones is 1. The first kappa shape index (κ1) is 17.5. The first-order valence-corrected chi connectivity index (χ1v) is 8.15. The van der Waals surface area contributed by atoms with Gasteiger partial charge in [0.25, 0.3) is 5.56 Å². The highest BCUT2D eigenvalue weighted by molar-refractivity contribution is 6.16. The average molecular weight is 353 g/mol. The lowest BCUT2D eigenvalue weighted by atomic mass is 10.0. The lowest BCUT2D eigenvalue weighted by Gasteiger charge is -2.06. The Labute approximate surface area is 149 Å². The normalized spacial score (nSPS) is 11.3. The SMILES string of the molecule is CCOC(=O)c1c[nH]c2c(=O)[nH]c3ccc(C(=O)C=CN(C)C)cc3c12. The van der Waals surface area contributed by atoms with Crippen molar-refractivity contribution in [2.45, 2.75) is 6.92 Å². The summed E-state index contributed by atoms with van der Waals surface area (Å²) >= 11 is 0. The molecule has 26 heavy (non-hydrogen) atoms. The number of hydrogen-bond donors (Lipinski definition) is 2. The van der Waals surface area contributed by atoms with Gasteiger partial charge in [0.1, 0.15) is 5.52 Å². The monoisotopic (exact) mass is 353 g/mol. The number of nitrogens with one attached hydrogen (secondary N) is 2. The number of pyridine rings is 1. The molecular weight excluding hydrogens is 334 g/mol. The number of nitrogens with zero attached hydrogens (tertiary/aromatic N) is 1. The van der Waals surface area contributed by atoms with Gasteiger partial charge in [-0.25, -0.2) is 4.79 Å². The fraction of sp³-hybridized carbons (Fsp3) is 0.211. The van der Waals surface area contributed by atoms with Crippen LogP contribution in [-0.4, -0.2) is 47.3 Å². The topological polar surface area (TPSA) is 95.3 Å². The molecule has 1 aromatic carbocycles. The minimum absolute atomic E-state index is 0.173. The van der Waals surface area contributed by atoms with Crippen molar-refractivity contribution in [2.75, 3.05) is 20.7 Å². The van der Waals surface area contributed by atoms with Crippen LogP contribution in [0.1, 0.15) is 27.6 Å². The number of ether oxygens (including phenoxy) is 1. The number of rotatable bonds is 5. The molecule has 0 aliphatic heterocycles. The number of hydrogen-bond acceptors (Lipinski definition) is 5. The smallest absolute Gasteiger partial charge is 0.340 e. The second kappa shape index (κ2) is 6.87. The maximum atomic E-state index is 12.4. The van der Waals surface area contributed by atoms with E-state index in [4.69, 9.17) is 4.74 Å². The highest BCUT2D eigenvalue weighted by Crippen LogP contribution is 2.26. The van der Waals surface area contributed by atoms with Crippen molar-refractivity contribution in [1.29, 1.82) is 0 Å². The van der Waals surface area contributed by atoms with Crippen LogP contribution in [0.2, 0.25) is 0 Å². The number of esters is 1. The van der Waals surface area contributed by atoms with Gasteiger partial charge in [0.05, 0.1) is 12.2 Å². The molecule has 2 heterocycles. The molecule has 0 aliphatic rings. The van der Waals surface area contributed by atoms with Crippen LogP contribution in [0.5, 0.6) is 0 Å². The maximum absolute atomic E-state index is 12.4. The molecule has 0 radical (unpaired) electrons. The van der Waals surface area contributed by atoms with Crippen molar-refractivity contribution in [3.63, 3.8) is 0 Å². The van der Waals surface area contributed by atoms with Gasteiger partial charge in [-0.15, -0.1) is 0 Å². The van der Waals surface area contributed by atoms with E-state index in [2.05, 4.69) is 9.97 Å². The summed E-state index contributed by atoms with van der Waals surface area (Å²) in [5.74, 6) is -0.692. The van der Waals surface area contributed by atoms with Crippen LogP contribution in [0.15, 0.2) is 41.5 Å². The van der Waals surface area contributed by atoms with E-state index in [1.165, 1.54) is 12.3 Å². The second-order valence-corrected chi connectivity index (χ2v) is 6.03. The average Bonchev–Trinajstić information content (AvgIpc) is 3.06. The molecule has 0 unspecified atom stereocenters. The van der Waals surface area contributed by atoms with Gasteiger partial charge in [0.2, 0.25) is 0 Å². The zero-order chi connectivity index (χ0) is 18.8. The van der Waals surface area contributed by atoms with Gasteiger partial charge in [-0.05, 0) is 25.1 Å². The molecule has 2 aromatic heterocycles. The molecule has 0 fully saturated rings. The fourth-order valence-electron chi connectivity index (χ4n) is 2.76. The summed E-state index contributed by atoms with van der Waals surface area (Å²) in [6.07, 6.45) is 4.58. The summed E-state index contributed by atoms with van der Waals surface area (Å²) in [6, 6.07) is 4.98. The number of aromatic amines is 2. The number of fused-ring (bicyclic) bond motifs is 3. The number of H-pyrrole nitrogens is 2. The van der Waals surface area contributed by atoms with Crippen molar-refractivity contribution in [3.8, 4) is 0 Å². The number of benzene rings is 1. The highest BCUT2D eigenvalue weighted by atomic mass is 16.5. The van der Waals surface area contributed by atoms with E-state index in [1.54, 1.807) is 36.2 Å². The fourth-order valence-corrected chi connectivity index (χ4v) is 2.76. The summed E-state index contributed by atoms with van der Waals surface area (Å²) in [5.41, 5.74) is 1.20. The standard InChI is InChI=1S/C19H19N3O4/c1-4-26-19(25)13-10-20-17-16(13)12-9-11(15(23)7-8-22(2)3)5-6-14(12)21-18(17)24/h5-10,20H,4H2,1-3H3,(H,21,24). The number of carbonyl (C=O) groups excluding carboxylic acids is 2. The van der Waals surface area contributed by atoms with E-state index in [-0.39, 0.29) is 29.0 Å². The molecule has 0 saturated carbocycles. The van der Waals surface area contributed by atoms with Crippen LogP contribution in [0.25, 0.3) is 21.8 Å². The van der Waals surface area contributed by atoms with Crippen LogP contribution in [0, 0.1) is 0 Å². The predicted octanol–water partition coefficient (Wildman–Crippen LogP) is 2.44. The Morgan fingerprint density at radius 1 is 1.27 bits per heavy atom. The summed E-state index contributed by atoms with van der Waals surface area (Å²) in [6.45, 7) is 1.94. The number of aromatic nitrogens is 2. The summed E-state index contributed by atoms with van der Waals surface area (Å²) in [7, 11) is 3.65. The number of carbonyl (C=O) groups is 2. The van der Waals surface area contributed by atoms with E-state index in [0.29, 0.717) is 21.9 Å². The second-order valence-electron chi connectivity index (χ2n) is 6.03. The maximum Gasteiger partial charge on any atom is 0.340 e. The minimum atomic E-state index is -0.519. The third-order valence-corrected chi connectivity index (χ3v) is 3.95. The van der Waals surface area contributed by atoms with Crippen molar-refractivity contribution in [2.24, 2.45) is 0 Å². The zero-order valence-corrected chi connectivity index (χ0v) is 14.8. The van der Waals surface area contributed by atoms with E-state index >= 15 is 0 Å². The number of allylic oxidation sites excluding steroid dienone is 1. The Kier molecular flexibility index (Phi) is 4.62. The molecule has 0 bridgehead atoms. The molecule has 0 spiro atoms. The lowest BCUT2D eigenvalue weighted by Crippen LogP contribution is -2.09. The van der Waals surface area contributed by atoms with Crippen LogP contribution in [0.4, 0.5) is 0 Å². The van der Waals surface area contributed by atoms with E-state index in [9.17, 15) is 14.4 Å². The molecule has 3 rings (SSSR count). The molecule has 0 atom stereocenters. The molecule has 134 valence electrons. The Balaban J connectivity index is 2.24. The van der Waals surface area contributed by atoms with Crippen LogP contribution < -0.4 is 5.56 Å². The van der Waals surface area contributed by atoms with E-state index in [0.717, 1.165) is 0 Å². The first-order valence-electron chi connectivity index (χ1n) is 8.15. The lowest BCUT2D eigenvalue weighted by molar-refractivity contribution is 0.0528. The predicted molar refractivity (Wildman–Crippen MR) is 99.5 cm³/mol.